The number of ether oxygens (including phenoxy) is 2. The molecule has 0 aliphatic heterocycles. The Hall–Kier alpha value is 0.0974. The fourth-order valence-electron chi connectivity index (χ4n) is 2.66. The van der Waals surface area contributed by atoms with Crippen LogP contribution in [0.25, 0.3) is 0 Å². The third kappa shape index (κ3) is 6.78. The number of benzene rings is 1. The Balaban J connectivity index is 0.00000529. The van der Waals surface area contributed by atoms with Crippen molar-refractivity contribution < 1.29 is 14.3 Å². The molecule has 0 N–H and O–H groups in total. The number of rotatable bonds is 7. The predicted molar refractivity (Wildman–Crippen MR) is 106 cm³/mol. The summed E-state index contributed by atoms with van der Waals surface area (Å²) in [5, 5.41) is 0.628. The van der Waals surface area contributed by atoms with Crippen LogP contribution < -0.4 is 9.47 Å². The molecule has 0 aliphatic carbocycles. The third-order valence-electron chi connectivity index (χ3n) is 3.35. The van der Waals surface area contributed by atoms with Gasteiger partial charge in [-0.05, 0) is 38.6 Å². The van der Waals surface area contributed by atoms with E-state index in [0.717, 1.165) is 12.6 Å². The Labute approximate surface area is 169 Å². The van der Waals surface area contributed by atoms with Crippen LogP contribution in [0.5, 0.6) is 11.5 Å². The van der Waals surface area contributed by atoms with Gasteiger partial charge in [0.25, 0.3) is 0 Å². The van der Waals surface area contributed by atoms with Crippen molar-refractivity contribution in [3.05, 3.63) is 21.7 Å². The molecule has 0 aromatic heterocycles. The maximum Gasteiger partial charge on any atom is 0.188 e. The number of halogens is 2. The van der Waals surface area contributed by atoms with Crippen LogP contribution in [0.1, 0.15) is 44.5 Å². The van der Waals surface area contributed by atoms with E-state index in [4.69, 9.17) is 32.7 Å². The van der Waals surface area contributed by atoms with Crippen LogP contribution >= 0.6 is 31.8 Å². The molecular weight excluding hydrogens is 361 g/mol. The Morgan fingerprint density at radius 2 is 1.62 bits per heavy atom. The van der Waals surface area contributed by atoms with Gasteiger partial charge in [-0.25, -0.2) is 0 Å². The van der Waals surface area contributed by atoms with Crippen molar-refractivity contribution in [1.82, 2.24) is 0 Å². The van der Waals surface area contributed by atoms with Crippen molar-refractivity contribution in [2.24, 2.45) is 11.3 Å². The number of methoxy groups -OCH3 is 2. The van der Waals surface area contributed by atoms with Crippen molar-refractivity contribution in [3.8, 4) is 11.5 Å². The molecular formula is C17H25Cl2LiO3P. The Bertz CT molecular complexity index is 546. The van der Waals surface area contributed by atoms with E-state index in [9.17, 15) is 4.79 Å². The van der Waals surface area contributed by atoms with Crippen LogP contribution in [-0.4, -0.2) is 44.8 Å². The van der Waals surface area contributed by atoms with E-state index in [0.29, 0.717) is 33.0 Å². The first-order valence-corrected chi connectivity index (χ1v) is 9.45. The molecule has 2 atom stereocenters. The van der Waals surface area contributed by atoms with E-state index in [1.54, 1.807) is 0 Å². The first-order chi connectivity index (χ1) is 10.6. The van der Waals surface area contributed by atoms with Gasteiger partial charge in [0.15, 0.2) is 17.0 Å². The minimum atomic E-state index is -0.0381. The molecule has 0 heterocycles. The molecule has 0 bridgehead atoms. The van der Waals surface area contributed by atoms with E-state index in [2.05, 4.69) is 27.7 Å². The number of hydrogen-bond acceptors (Lipinski definition) is 3. The summed E-state index contributed by atoms with van der Waals surface area (Å²) in [6, 6.07) is 1.53. The van der Waals surface area contributed by atoms with Crippen LogP contribution in [-0.2, 0) is 0 Å². The fraction of sp³-hybridized carbons (Fsp3) is 0.588. The largest absolute Gasteiger partial charge is 0.494 e. The molecule has 24 heavy (non-hydrogen) atoms. The number of hydrogen-bond donors (Lipinski definition) is 0. The second-order valence-corrected chi connectivity index (χ2v) is 8.89. The quantitative estimate of drug-likeness (QED) is 0.457. The third-order valence-corrected chi connectivity index (χ3v) is 5.38. The van der Waals surface area contributed by atoms with Crippen molar-refractivity contribution in [1.29, 1.82) is 0 Å². The van der Waals surface area contributed by atoms with Gasteiger partial charge < -0.3 is 9.47 Å². The average Bonchev–Trinajstić information content (AvgIpc) is 2.42. The van der Waals surface area contributed by atoms with Crippen molar-refractivity contribution in [2.45, 2.75) is 34.1 Å². The molecule has 0 saturated carbocycles. The van der Waals surface area contributed by atoms with Crippen molar-refractivity contribution in [3.63, 3.8) is 0 Å². The van der Waals surface area contributed by atoms with E-state index in [1.807, 2.05) is 0 Å². The maximum atomic E-state index is 12.7. The van der Waals surface area contributed by atoms with Gasteiger partial charge in [-0.1, -0.05) is 50.9 Å². The van der Waals surface area contributed by atoms with Crippen molar-refractivity contribution >= 4 is 56.2 Å². The topological polar surface area (TPSA) is 35.5 Å². The van der Waals surface area contributed by atoms with Gasteiger partial charge in [-0.3, -0.25) is 4.79 Å². The normalized spacial score (nSPS) is 12.8. The fourth-order valence-corrected chi connectivity index (χ4v) is 4.36. The van der Waals surface area contributed by atoms with E-state index < -0.39 is 0 Å². The molecule has 1 aromatic rings. The minimum absolute atomic E-state index is 0. The van der Waals surface area contributed by atoms with Crippen LogP contribution in [0.4, 0.5) is 0 Å². The first kappa shape index (κ1) is 24.1. The molecule has 1 aromatic carbocycles. The number of carbonyl (C=O) groups excluding carboxylic acids is 1. The van der Waals surface area contributed by atoms with Gasteiger partial charge in [-0.15, -0.1) is 0 Å². The van der Waals surface area contributed by atoms with Crippen LogP contribution in [0.15, 0.2) is 6.07 Å². The molecule has 0 fully saturated rings. The van der Waals surface area contributed by atoms with Gasteiger partial charge in [0.05, 0.1) is 24.3 Å². The predicted octanol–water partition coefficient (Wildman–Crippen LogP) is 5.52. The molecule has 0 aliphatic rings. The minimum Gasteiger partial charge on any atom is -0.494 e. The second-order valence-electron chi connectivity index (χ2n) is 6.86. The molecule has 2 unspecified atom stereocenters. The van der Waals surface area contributed by atoms with E-state index in [1.165, 1.54) is 20.3 Å². The van der Waals surface area contributed by atoms with Gasteiger partial charge in [0.1, 0.15) is 5.56 Å². The molecule has 0 amide bonds. The van der Waals surface area contributed by atoms with Crippen molar-refractivity contribution in [2.75, 3.05) is 20.4 Å². The van der Waals surface area contributed by atoms with Gasteiger partial charge in [-0.2, -0.15) is 0 Å². The standard InChI is InChI=1S/C17H25Cl2O3P.Li/c1-10(8-17(2,3)4)9-23-16(20)13-14(21-5)11(18)7-12(19)15(13)22-6;/h7,10,23H,8-9H2,1-6H3;. The molecule has 1 rings (SSSR count). The Kier molecular flexibility index (Phi) is 10.3. The summed E-state index contributed by atoms with van der Waals surface area (Å²) in [6.45, 7) is 8.79. The summed E-state index contributed by atoms with van der Waals surface area (Å²) >= 11 is 12.3. The zero-order valence-electron chi connectivity index (χ0n) is 15.5. The van der Waals surface area contributed by atoms with E-state index in [-0.39, 0.29) is 38.4 Å². The maximum absolute atomic E-state index is 12.7. The summed E-state index contributed by atoms with van der Waals surface area (Å²) in [4.78, 5) is 12.7. The smallest absolute Gasteiger partial charge is 0.188 e. The van der Waals surface area contributed by atoms with Gasteiger partial charge in [0.2, 0.25) is 0 Å². The average molecular weight is 386 g/mol. The van der Waals surface area contributed by atoms with Crippen LogP contribution in [0.2, 0.25) is 10.0 Å². The summed E-state index contributed by atoms with van der Waals surface area (Å²) < 4.78 is 10.6. The van der Waals surface area contributed by atoms with Gasteiger partial charge in [0, 0.05) is 18.9 Å². The monoisotopic (exact) mass is 385 g/mol. The van der Waals surface area contributed by atoms with E-state index >= 15 is 0 Å². The molecule has 0 spiro atoms. The first-order valence-electron chi connectivity index (χ1n) is 7.49. The van der Waals surface area contributed by atoms with Crippen LogP contribution in [0.3, 0.4) is 0 Å². The summed E-state index contributed by atoms with van der Waals surface area (Å²) in [7, 11) is 3.09. The zero-order valence-corrected chi connectivity index (χ0v) is 18.1. The Morgan fingerprint density at radius 1 is 1.17 bits per heavy atom. The zero-order chi connectivity index (χ0) is 17.8. The molecule has 1 radical (unpaired) electrons. The SMILES string of the molecule is COc1c(Cl)cc(Cl)c(OC)c1C(=O)PCC(C)CC(C)(C)C.[Li]. The second kappa shape index (κ2) is 10.3. The van der Waals surface area contributed by atoms with Gasteiger partial charge >= 0.3 is 0 Å². The summed E-state index contributed by atoms with van der Waals surface area (Å²) in [5.41, 5.74) is 0.555. The van der Waals surface area contributed by atoms with Crippen LogP contribution in [0, 0.1) is 11.3 Å². The molecule has 7 heteroatoms. The molecule has 131 valence electrons. The number of carbonyl (C=O) groups is 1. The molecule has 3 nitrogen and oxygen atoms in total. The Morgan fingerprint density at radius 3 is 2.00 bits per heavy atom. The summed E-state index contributed by atoms with van der Waals surface area (Å²) in [6.07, 6.45) is 1.89. The summed E-state index contributed by atoms with van der Waals surface area (Å²) in [5.74, 6) is 1.12. The molecule has 0 saturated heterocycles.